The zero-order valence-corrected chi connectivity index (χ0v) is 16.2. The summed E-state index contributed by atoms with van der Waals surface area (Å²) in [6, 6.07) is 6.82. The molecule has 28 heavy (non-hydrogen) atoms. The Bertz CT molecular complexity index is 808. The van der Waals surface area contributed by atoms with Gasteiger partial charge in [0.1, 0.15) is 12.4 Å². The standard InChI is InChI=1S/C17H22N6O4S/c1-2-27-9-3-8-18-17(28)21-20-16(24)14-6-4-13(5-7-14)11-22-12-15(10-19-22)23(25)26/h4-7,10,12H,2-3,8-9,11H2,1H3,(H,20,24)(H2,18,21,28). The van der Waals surface area contributed by atoms with Crippen LogP contribution in [0.25, 0.3) is 0 Å². The van der Waals surface area contributed by atoms with Crippen molar-refractivity contribution in [3.63, 3.8) is 0 Å². The molecule has 150 valence electrons. The topological polar surface area (TPSA) is 123 Å². The predicted molar refractivity (Wildman–Crippen MR) is 107 cm³/mol. The molecule has 3 N–H and O–H groups in total. The molecule has 1 heterocycles. The predicted octanol–water partition coefficient (Wildman–Crippen LogP) is 1.38. The third-order valence-corrected chi connectivity index (χ3v) is 3.88. The summed E-state index contributed by atoms with van der Waals surface area (Å²) in [6.07, 6.45) is 3.36. The first-order chi connectivity index (χ1) is 13.5. The SMILES string of the molecule is CCOCCCNC(=S)NNC(=O)c1ccc(Cn2cc([N+](=O)[O-])cn2)cc1. The van der Waals surface area contributed by atoms with E-state index in [0.717, 1.165) is 12.0 Å². The second-order valence-corrected chi connectivity index (χ2v) is 6.14. The van der Waals surface area contributed by atoms with Crippen molar-refractivity contribution in [2.24, 2.45) is 0 Å². The minimum Gasteiger partial charge on any atom is -0.382 e. The fraction of sp³-hybridized carbons (Fsp3) is 0.353. The Balaban J connectivity index is 1.76. The first kappa shape index (κ1) is 21.3. The summed E-state index contributed by atoms with van der Waals surface area (Å²) in [7, 11) is 0. The number of hydrogen-bond acceptors (Lipinski definition) is 6. The van der Waals surface area contributed by atoms with Crippen molar-refractivity contribution in [1.29, 1.82) is 0 Å². The van der Waals surface area contributed by atoms with Crippen LogP contribution in [0.15, 0.2) is 36.7 Å². The Labute approximate surface area is 167 Å². The van der Waals surface area contributed by atoms with Gasteiger partial charge in [0.25, 0.3) is 5.91 Å². The van der Waals surface area contributed by atoms with Crippen LogP contribution in [0.5, 0.6) is 0 Å². The Morgan fingerprint density at radius 3 is 2.71 bits per heavy atom. The van der Waals surface area contributed by atoms with Gasteiger partial charge in [-0.3, -0.25) is 30.4 Å². The molecule has 11 heteroatoms. The van der Waals surface area contributed by atoms with Crippen LogP contribution in [0.2, 0.25) is 0 Å². The number of benzene rings is 1. The van der Waals surface area contributed by atoms with Crippen molar-refractivity contribution in [3.05, 3.63) is 57.9 Å². The average molecular weight is 406 g/mol. The summed E-state index contributed by atoms with van der Waals surface area (Å²) in [5.74, 6) is -0.334. The number of nitrogens with zero attached hydrogens (tertiary/aromatic N) is 3. The van der Waals surface area contributed by atoms with Gasteiger partial charge in [-0.05, 0) is 43.3 Å². The molecule has 2 aromatic rings. The van der Waals surface area contributed by atoms with E-state index in [1.807, 2.05) is 6.92 Å². The minimum absolute atomic E-state index is 0.0652. The third kappa shape index (κ3) is 6.93. The highest BCUT2D eigenvalue weighted by Crippen LogP contribution is 2.11. The number of rotatable bonds is 9. The van der Waals surface area contributed by atoms with Gasteiger partial charge in [0.05, 0.1) is 11.5 Å². The highest BCUT2D eigenvalue weighted by molar-refractivity contribution is 7.80. The van der Waals surface area contributed by atoms with E-state index in [4.69, 9.17) is 17.0 Å². The van der Waals surface area contributed by atoms with Crippen molar-refractivity contribution in [2.45, 2.75) is 19.9 Å². The highest BCUT2D eigenvalue weighted by atomic mass is 32.1. The number of carbonyl (C=O) groups is 1. The van der Waals surface area contributed by atoms with Gasteiger partial charge in [-0.1, -0.05) is 12.1 Å². The molecule has 0 saturated heterocycles. The highest BCUT2D eigenvalue weighted by Gasteiger charge is 2.10. The molecule has 0 aliphatic carbocycles. The minimum atomic E-state index is -0.498. The van der Waals surface area contributed by atoms with Crippen LogP contribution < -0.4 is 16.2 Å². The molecular weight excluding hydrogens is 384 g/mol. The second-order valence-electron chi connectivity index (χ2n) is 5.74. The Hall–Kier alpha value is -3.05. The maximum atomic E-state index is 12.1. The number of nitro groups is 1. The summed E-state index contributed by atoms with van der Waals surface area (Å²) >= 11 is 5.08. The number of nitrogens with one attached hydrogen (secondary N) is 3. The van der Waals surface area contributed by atoms with Crippen molar-refractivity contribution in [1.82, 2.24) is 25.9 Å². The van der Waals surface area contributed by atoms with E-state index in [2.05, 4.69) is 21.3 Å². The molecule has 0 aliphatic rings. The lowest BCUT2D eigenvalue weighted by Crippen LogP contribution is -2.47. The maximum Gasteiger partial charge on any atom is 0.307 e. The quantitative estimate of drug-likeness (QED) is 0.247. The van der Waals surface area contributed by atoms with Crippen LogP contribution in [0, 0.1) is 10.1 Å². The molecule has 0 radical (unpaired) electrons. The van der Waals surface area contributed by atoms with E-state index in [0.29, 0.717) is 37.0 Å². The van der Waals surface area contributed by atoms with Crippen LogP contribution >= 0.6 is 12.2 Å². The van der Waals surface area contributed by atoms with Gasteiger partial charge in [-0.25, -0.2) is 0 Å². The summed E-state index contributed by atoms with van der Waals surface area (Å²) in [5.41, 5.74) is 6.40. The number of thiocarbonyl (C=S) groups is 1. The van der Waals surface area contributed by atoms with Crippen LogP contribution in [0.1, 0.15) is 29.3 Å². The molecule has 0 spiro atoms. The molecule has 1 aromatic heterocycles. The Morgan fingerprint density at radius 1 is 1.32 bits per heavy atom. The van der Waals surface area contributed by atoms with Crippen molar-refractivity contribution in [2.75, 3.05) is 19.8 Å². The lowest BCUT2D eigenvalue weighted by atomic mass is 10.1. The number of hydrogen-bond donors (Lipinski definition) is 3. The van der Waals surface area contributed by atoms with E-state index in [9.17, 15) is 14.9 Å². The zero-order chi connectivity index (χ0) is 20.4. The zero-order valence-electron chi connectivity index (χ0n) is 15.4. The van der Waals surface area contributed by atoms with Gasteiger partial charge in [0.2, 0.25) is 0 Å². The molecule has 0 unspecified atom stereocenters. The fourth-order valence-corrected chi connectivity index (χ4v) is 2.39. The number of carbonyl (C=O) groups excluding carboxylic acids is 1. The van der Waals surface area contributed by atoms with Crippen molar-refractivity contribution >= 4 is 28.9 Å². The Morgan fingerprint density at radius 2 is 2.07 bits per heavy atom. The summed E-state index contributed by atoms with van der Waals surface area (Å²) in [5, 5.41) is 17.9. The molecule has 10 nitrogen and oxygen atoms in total. The van der Waals surface area contributed by atoms with Gasteiger partial charge >= 0.3 is 5.69 Å². The first-order valence-electron chi connectivity index (χ1n) is 8.67. The van der Waals surface area contributed by atoms with E-state index >= 15 is 0 Å². The van der Waals surface area contributed by atoms with Crippen LogP contribution in [-0.4, -0.2) is 45.5 Å². The van der Waals surface area contributed by atoms with Crippen molar-refractivity contribution in [3.8, 4) is 0 Å². The van der Waals surface area contributed by atoms with Crippen molar-refractivity contribution < 1.29 is 14.5 Å². The largest absolute Gasteiger partial charge is 0.382 e. The lowest BCUT2D eigenvalue weighted by molar-refractivity contribution is -0.385. The normalized spacial score (nSPS) is 10.3. The average Bonchev–Trinajstić information content (AvgIpc) is 3.15. The molecule has 2 rings (SSSR count). The van der Waals surface area contributed by atoms with Crippen LogP contribution in [0.4, 0.5) is 5.69 Å². The number of aromatic nitrogens is 2. The van der Waals surface area contributed by atoms with Crippen LogP contribution in [0.3, 0.4) is 0 Å². The monoisotopic (exact) mass is 406 g/mol. The third-order valence-electron chi connectivity index (χ3n) is 3.64. The number of amides is 1. The second kappa shape index (κ2) is 10.9. The van der Waals surface area contributed by atoms with Gasteiger partial charge in [0.15, 0.2) is 5.11 Å². The molecule has 0 saturated carbocycles. The van der Waals surface area contributed by atoms with Gasteiger partial charge in [0, 0.05) is 25.3 Å². The van der Waals surface area contributed by atoms with E-state index in [1.165, 1.54) is 17.1 Å². The van der Waals surface area contributed by atoms with Gasteiger partial charge in [-0.15, -0.1) is 0 Å². The molecule has 1 aromatic carbocycles. The number of hydrazine groups is 1. The molecule has 0 fully saturated rings. The summed E-state index contributed by atoms with van der Waals surface area (Å²) < 4.78 is 6.68. The van der Waals surface area contributed by atoms with Crippen LogP contribution in [-0.2, 0) is 11.3 Å². The summed E-state index contributed by atoms with van der Waals surface area (Å²) in [6.45, 7) is 4.27. The molecule has 0 atom stereocenters. The molecule has 0 bridgehead atoms. The molecule has 1 amide bonds. The summed E-state index contributed by atoms with van der Waals surface area (Å²) in [4.78, 5) is 22.3. The van der Waals surface area contributed by atoms with Gasteiger partial charge in [-0.2, -0.15) is 5.10 Å². The van der Waals surface area contributed by atoms with E-state index < -0.39 is 4.92 Å². The smallest absolute Gasteiger partial charge is 0.307 e. The molecular formula is C17H22N6O4S. The Kier molecular flexibility index (Phi) is 8.31. The first-order valence-corrected chi connectivity index (χ1v) is 9.08. The van der Waals surface area contributed by atoms with E-state index in [-0.39, 0.29) is 11.6 Å². The van der Waals surface area contributed by atoms with E-state index in [1.54, 1.807) is 24.3 Å². The number of ether oxygens (including phenoxy) is 1. The maximum absolute atomic E-state index is 12.1. The fourth-order valence-electron chi connectivity index (χ4n) is 2.23. The van der Waals surface area contributed by atoms with Gasteiger partial charge < -0.3 is 10.1 Å². The molecule has 0 aliphatic heterocycles. The lowest BCUT2D eigenvalue weighted by Gasteiger charge is -2.11.